The summed E-state index contributed by atoms with van der Waals surface area (Å²) in [4.78, 5) is 4.16. The van der Waals surface area contributed by atoms with Crippen LogP contribution in [0.25, 0.3) is 0 Å². The number of rotatable bonds is 2. The van der Waals surface area contributed by atoms with Gasteiger partial charge in [-0.3, -0.25) is 4.98 Å². The predicted octanol–water partition coefficient (Wildman–Crippen LogP) is 2.73. The van der Waals surface area contributed by atoms with Crippen LogP contribution in [0.2, 0.25) is 0 Å². The molecule has 3 nitrogen and oxygen atoms in total. The van der Waals surface area contributed by atoms with Crippen LogP contribution in [0, 0.1) is 0 Å². The highest BCUT2D eigenvalue weighted by atomic mass is 32.2. The molecular weight excluding hydrogens is 246 g/mol. The molecule has 2 unspecified atom stereocenters. The number of pyridine rings is 1. The molecule has 2 atom stereocenters. The summed E-state index contributed by atoms with van der Waals surface area (Å²) in [6, 6.07) is 1.84. The standard InChI is InChI=1S/C14H19NO2S/c1-17-13-5-6-15-9-12(13)14(16)7-10-3-2-4-11(8-14)18-10/h5-6,9-11,16H,2-4,7-8H2,1H3. The van der Waals surface area contributed by atoms with Crippen LogP contribution >= 0.6 is 11.8 Å². The van der Waals surface area contributed by atoms with E-state index in [1.165, 1.54) is 19.3 Å². The molecule has 98 valence electrons. The zero-order valence-corrected chi connectivity index (χ0v) is 11.4. The molecule has 0 spiro atoms. The van der Waals surface area contributed by atoms with Gasteiger partial charge >= 0.3 is 0 Å². The van der Waals surface area contributed by atoms with Crippen LogP contribution in [0.3, 0.4) is 0 Å². The van der Waals surface area contributed by atoms with Crippen LogP contribution in [0.4, 0.5) is 0 Å². The third-order valence-corrected chi connectivity index (χ3v) is 5.64. The Bertz CT molecular complexity index is 426. The summed E-state index contributed by atoms with van der Waals surface area (Å²) < 4.78 is 5.38. The van der Waals surface area contributed by atoms with Crippen LogP contribution in [-0.2, 0) is 5.60 Å². The number of thioether (sulfide) groups is 1. The van der Waals surface area contributed by atoms with Gasteiger partial charge in [0, 0.05) is 28.5 Å². The van der Waals surface area contributed by atoms with Crippen LogP contribution in [0.1, 0.15) is 37.7 Å². The van der Waals surface area contributed by atoms with Crippen LogP contribution in [0.5, 0.6) is 5.75 Å². The third kappa shape index (κ3) is 2.12. The Balaban J connectivity index is 1.94. The molecule has 2 aliphatic heterocycles. The Hall–Kier alpha value is -0.740. The van der Waals surface area contributed by atoms with E-state index in [4.69, 9.17) is 4.74 Å². The van der Waals surface area contributed by atoms with E-state index < -0.39 is 5.60 Å². The van der Waals surface area contributed by atoms with Crippen LogP contribution < -0.4 is 4.74 Å². The number of hydrogen-bond acceptors (Lipinski definition) is 4. The van der Waals surface area contributed by atoms with E-state index in [9.17, 15) is 5.11 Å². The quantitative estimate of drug-likeness (QED) is 0.893. The van der Waals surface area contributed by atoms with Gasteiger partial charge in [-0.05, 0) is 31.7 Å². The summed E-state index contributed by atoms with van der Waals surface area (Å²) in [5, 5.41) is 12.2. The smallest absolute Gasteiger partial charge is 0.128 e. The van der Waals surface area contributed by atoms with Crippen molar-refractivity contribution in [3.05, 3.63) is 24.0 Å². The molecule has 2 aliphatic rings. The molecule has 3 heterocycles. The minimum absolute atomic E-state index is 0.590. The van der Waals surface area contributed by atoms with E-state index in [-0.39, 0.29) is 0 Å². The van der Waals surface area contributed by atoms with Crippen molar-refractivity contribution in [3.8, 4) is 5.75 Å². The molecular formula is C14H19NO2S. The first kappa shape index (κ1) is 12.3. The van der Waals surface area contributed by atoms with Crippen LogP contribution in [-0.4, -0.2) is 27.7 Å². The normalized spacial score (nSPS) is 35.2. The summed E-state index contributed by atoms with van der Waals surface area (Å²) in [6.45, 7) is 0. The highest BCUT2D eigenvalue weighted by Gasteiger charge is 2.44. The van der Waals surface area contributed by atoms with Gasteiger partial charge in [0.1, 0.15) is 5.75 Å². The summed E-state index contributed by atoms with van der Waals surface area (Å²) in [5.74, 6) is 0.762. The maximum Gasteiger partial charge on any atom is 0.128 e. The topological polar surface area (TPSA) is 42.4 Å². The van der Waals surface area contributed by atoms with Gasteiger partial charge in [0.25, 0.3) is 0 Å². The Morgan fingerprint density at radius 1 is 1.39 bits per heavy atom. The van der Waals surface area contributed by atoms with Gasteiger partial charge < -0.3 is 9.84 Å². The van der Waals surface area contributed by atoms with Gasteiger partial charge in [0.05, 0.1) is 12.7 Å². The van der Waals surface area contributed by atoms with Gasteiger partial charge in [-0.2, -0.15) is 11.8 Å². The molecule has 1 aromatic heterocycles. The van der Waals surface area contributed by atoms with Crippen molar-refractivity contribution in [1.29, 1.82) is 0 Å². The van der Waals surface area contributed by atoms with Gasteiger partial charge in [0.2, 0.25) is 0 Å². The first-order chi connectivity index (χ1) is 8.71. The van der Waals surface area contributed by atoms with E-state index >= 15 is 0 Å². The molecule has 0 radical (unpaired) electrons. The lowest BCUT2D eigenvalue weighted by atomic mass is 9.81. The maximum atomic E-state index is 11.0. The van der Waals surface area contributed by atoms with Crippen molar-refractivity contribution in [2.75, 3.05) is 7.11 Å². The molecule has 18 heavy (non-hydrogen) atoms. The minimum Gasteiger partial charge on any atom is -0.496 e. The highest BCUT2D eigenvalue weighted by Crippen LogP contribution is 2.50. The van der Waals surface area contributed by atoms with Gasteiger partial charge in [0.15, 0.2) is 0 Å². The molecule has 4 heteroatoms. The van der Waals surface area contributed by atoms with Gasteiger partial charge in [-0.15, -0.1) is 0 Å². The second kappa shape index (κ2) is 4.74. The SMILES string of the molecule is COc1ccncc1C1(O)CC2CCCC(C1)S2. The van der Waals surface area contributed by atoms with Crippen molar-refractivity contribution in [2.24, 2.45) is 0 Å². The lowest BCUT2D eigenvalue weighted by Crippen LogP contribution is -2.40. The average Bonchev–Trinajstić information content (AvgIpc) is 2.38. The fourth-order valence-corrected chi connectivity index (χ4v) is 5.14. The number of aliphatic hydroxyl groups is 1. The zero-order chi connectivity index (χ0) is 12.6. The summed E-state index contributed by atoms with van der Waals surface area (Å²) in [6.07, 6.45) is 8.90. The second-order valence-electron chi connectivity index (χ2n) is 5.33. The van der Waals surface area contributed by atoms with Gasteiger partial charge in [-0.1, -0.05) is 6.42 Å². The van der Waals surface area contributed by atoms with Crippen molar-refractivity contribution in [2.45, 2.75) is 48.2 Å². The van der Waals surface area contributed by atoms with E-state index in [0.717, 1.165) is 24.2 Å². The molecule has 2 fully saturated rings. The first-order valence-corrected chi connectivity index (χ1v) is 7.52. The predicted molar refractivity (Wildman–Crippen MR) is 72.9 cm³/mol. The number of ether oxygens (including phenoxy) is 1. The summed E-state index contributed by atoms with van der Waals surface area (Å²) >= 11 is 2.06. The third-order valence-electron chi connectivity index (χ3n) is 4.07. The summed E-state index contributed by atoms with van der Waals surface area (Å²) in [7, 11) is 1.65. The number of methoxy groups -OCH3 is 1. The highest BCUT2D eigenvalue weighted by molar-refractivity contribution is 8.00. The molecule has 2 bridgehead atoms. The van der Waals surface area contributed by atoms with Gasteiger partial charge in [-0.25, -0.2) is 0 Å². The number of nitrogens with zero attached hydrogens (tertiary/aromatic N) is 1. The monoisotopic (exact) mass is 265 g/mol. The summed E-state index contributed by atoms with van der Waals surface area (Å²) in [5.41, 5.74) is 0.116. The Morgan fingerprint density at radius 2 is 2.11 bits per heavy atom. The fourth-order valence-electron chi connectivity index (χ4n) is 3.25. The molecule has 0 saturated carbocycles. The second-order valence-corrected chi connectivity index (χ2v) is 6.93. The molecule has 2 saturated heterocycles. The van der Waals surface area contributed by atoms with Crippen molar-refractivity contribution in [3.63, 3.8) is 0 Å². The molecule has 0 amide bonds. The van der Waals surface area contributed by atoms with E-state index in [1.807, 2.05) is 6.07 Å². The molecule has 0 aromatic carbocycles. The van der Waals surface area contributed by atoms with E-state index in [1.54, 1.807) is 19.5 Å². The molecule has 3 rings (SSSR count). The molecule has 0 aliphatic carbocycles. The number of fused-ring (bicyclic) bond motifs is 2. The van der Waals surface area contributed by atoms with Crippen molar-refractivity contribution < 1.29 is 9.84 Å². The minimum atomic E-state index is -0.749. The van der Waals surface area contributed by atoms with E-state index in [2.05, 4.69) is 16.7 Å². The van der Waals surface area contributed by atoms with Crippen molar-refractivity contribution in [1.82, 2.24) is 4.98 Å². The zero-order valence-electron chi connectivity index (χ0n) is 10.6. The van der Waals surface area contributed by atoms with Crippen molar-refractivity contribution >= 4 is 11.8 Å². The lowest BCUT2D eigenvalue weighted by Gasteiger charge is -2.44. The average molecular weight is 265 g/mol. The molecule has 1 aromatic rings. The number of aromatic nitrogens is 1. The van der Waals surface area contributed by atoms with Crippen LogP contribution in [0.15, 0.2) is 18.5 Å². The fraction of sp³-hybridized carbons (Fsp3) is 0.643. The molecule has 1 N–H and O–H groups in total. The Kier molecular flexibility index (Phi) is 3.24. The largest absolute Gasteiger partial charge is 0.496 e. The number of hydrogen-bond donors (Lipinski definition) is 1. The Labute approximate surface area is 112 Å². The Morgan fingerprint density at radius 3 is 2.78 bits per heavy atom. The lowest BCUT2D eigenvalue weighted by molar-refractivity contribution is 0.00577. The maximum absolute atomic E-state index is 11.0. The van der Waals surface area contributed by atoms with E-state index in [0.29, 0.717) is 10.5 Å². The first-order valence-electron chi connectivity index (χ1n) is 6.57.